The second kappa shape index (κ2) is 10.8. The molecule has 9 heteroatoms. The minimum Gasteiger partial charge on any atom is -0.481 e. The molecule has 0 radical (unpaired) electrons. The number of nitrogens with two attached hydrogens (primary N) is 1. The van der Waals surface area contributed by atoms with E-state index in [9.17, 15) is 14.7 Å². The van der Waals surface area contributed by atoms with E-state index in [2.05, 4.69) is 40.3 Å². The second-order valence-corrected chi connectivity index (χ2v) is 9.99. The molecule has 0 aliphatic heterocycles. The van der Waals surface area contributed by atoms with Gasteiger partial charge in [0, 0.05) is 12.6 Å². The molecule has 1 fully saturated rings. The number of primary amides is 1. The Balaban J connectivity index is 2.00. The van der Waals surface area contributed by atoms with Crippen molar-refractivity contribution in [1.29, 1.82) is 0 Å². The zero-order chi connectivity index (χ0) is 23.3. The maximum absolute atomic E-state index is 11.5. The van der Waals surface area contributed by atoms with Gasteiger partial charge in [-0.1, -0.05) is 57.4 Å². The van der Waals surface area contributed by atoms with Crippen molar-refractivity contribution in [3.8, 4) is 0 Å². The SMILES string of the molecule is CC(C)CN(c1ccc([C@H](C)CC(=O)O)cc1Nc1nnc(C(N)=O)s1)C1CCCCC1. The molecular formula is C23H33N5O3S. The van der Waals surface area contributed by atoms with Gasteiger partial charge in [-0.25, -0.2) is 0 Å². The third-order valence-corrected chi connectivity index (χ3v) is 6.69. The monoisotopic (exact) mass is 459 g/mol. The normalized spacial score (nSPS) is 15.5. The predicted octanol–water partition coefficient (Wildman–Crippen LogP) is 4.75. The summed E-state index contributed by atoms with van der Waals surface area (Å²) in [4.78, 5) is 25.2. The van der Waals surface area contributed by atoms with Gasteiger partial charge in [-0.2, -0.15) is 0 Å². The number of carbonyl (C=O) groups is 2. The molecule has 1 aliphatic carbocycles. The number of hydrogen-bond acceptors (Lipinski definition) is 7. The molecule has 3 rings (SSSR count). The molecule has 0 saturated heterocycles. The van der Waals surface area contributed by atoms with Crippen molar-refractivity contribution in [1.82, 2.24) is 10.2 Å². The summed E-state index contributed by atoms with van der Waals surface area (Å²) in [7, 11) is 0. The lowest BCUT2D eigenvalue weighted by molar-refractivity contribution is -0.137. The summed E-state index contributed by atoms with van der Waals surface area (Å²) in [5.74, 6) is -1.08. The standard InChI is InChI=1S/C23H33N5O3S/c1-14(2)13-28(17-7-5-4-6-8-17)19-10-9-16(15(3)11-20(29)30)12-18(19)25-23-27-26-22(32-23)21(24)31/h9-10,12,14-15,17H,4-8,11,13H2,1-3H3,(H2,24,31)(H,25,27)(H,29,30)/t15-/m1/s1. The first-order valence-corrected chi connectivity index (χ1v) is 12.1. The Labute approximate surface area is 193 Å². The van der Waals surface area contributed by atoms with E-state index in [1.165, 1.54) is 19.3 Å². The maximum atomic E-state index is 11.5. The number of aliphatic carboxylic acids is 1. The molecule has 1 aromatic heterocycles. The molecule has 1 heterocycles. The predicted molar refractivity (Wildman–Crippen MR) is 128 cm³/mol. The third kappa shape index (κ3) is 6.18. The van der Waals surface area contributed by atoms with Crippen LogP contribution in [0.4, 0.5) is 16.5 Å². The maximum Gasteiger partial charge on any atom is 0.303 e. The summed E-state index contributed by atoms with van der Waals surface area (Å²) in [5, 5.41) is 21.1. The van der Waals surface area contributed by atoms with E-state index >= 15 is 0 Å². The molecular weight excluding hydrogens is 426 g/mol. The number of carboxylic acid groups (broad SMARTS) is 1. The zero-order valence-electron chi connectivity index (χ0n) is 19.0. The van der Waals surface area contributed by atoms with Crippen molar-refractivity contribution >= 4 is 39.7 Å². The quantitative estimate of drug-likeness (QED) is 0.468. The number of rotatable bonds is 10. The van der Waals surface area contributed by atoms with Gasteiger partial charge in [0.15, 0.2) is 0 Å². The highest BCUT2D eigenvalue weighted by atomic mass is 32.1. The Kier molecular flexibility index (Phi) is 8.06. The highest BCUT2D eigenvalue weighted by molar-refractivity contribution is 7.17. The van der Waals surface area contributed by atoms with Crippen LogP contribution in [0.2, 0.25) is 0 Å². The molecule has 8 nitrogen and oxygen atoms in total. The van der Waals surface area contributed by atoms with Crippen LogP contribution in [0.5, 0.6) is 0 Å². The number of carboxylic acids is 1. The average molecular weight is 460 g/mol. The van der Waals surface area contributed by atoms with Crippen LogP contribution in [-0.4, -0.2) is 39.8 Å². The minimum absolute atomic E-state index is 0.0573. The Hall–Kier alpha value is -2.68. The van der Waals surface area contributed by atoms with Gasteiger partial charge < -0.3 is 21.1 Å². The van der Waals surface area contributed by atoms with Gasteiger partial charge in [0.25, 0.3) is 5.91 Å². The fourth-order valence-corrected chi connectivity index (χ4v) is 4.92. The van der Waals surface area contributed by atoms with Crippen LogP contribution in [-0.2, 0) is 4.79 Å². The number of nitrogens with one attached hydrogen (secondary N) is 1. The number of benzene rings is 1. The number of carbonyl (C=O) groups excluding carboxylic acids is 1. The Morgan fingerprint density at radius 2 is 1.94 bits per heavy atom. The molecule has 0 bridgehead atoms. The van der Waals surface area contributed by atoms with Crippen LogP contribution >= 0.6 is 11.3 Å². The van der Waals surface area contributed by atoms with Crippen molar-refractivity contribution in [3.63, 3.8) is 0 Å². The molecule has 1 amide bonds. The highest BCUT2D eigenvalue weighted by Gasteiger charge is 2.25. The number of nitrogens with zero attached hydrogens (tertiary/aromatic N) is 3. The lowest BCUT2D eigenvalue weighted by atomic mass is 9.92. The molecule has 0 spiro atoms. The van der Waals surface area contributed by atoms with Crippen LogP contribution in [0.1, 0.15) is 80.6 Å². The molecule has 32 heavy (non-hydrogen) atoms. The summed E-state index contributed by atoms with van der Waals surface area (Å²) in [5.41, 5.74) is 8.18. The zero-order valence-corrected chi connectivity index (χ0v) is 19.8. The average Bonchev–Trinajstić information content (AvgIpc) is 3.21. The van der Waals surface area contributed by atoms with Crippen LogP contribution < -0.4 is 16.0 Å². The summed E-state index contributed by atoms with van der Waals surface area (Å²) in [6.07, 6.45) is 6.12. The van der Waals surface area contributed by atoms with Crippen molar-refractivity contribution in [2.45, 2.75) is 71.3 Å². The van der Waals surface area contributed by atoms with Crippen LogP contribution in [0, 0.1) is 5.92 Å². The molecule has 1 aromatic carbocycles. The topological polar surface area (TPSA) is 121 Å². The summed E-state index contributed by atoms with van der Waals surface area (Å²) in [6.45, 7) is 7.27. The lowest BCUT2D eigenvalue weighted by Gasteiger charge is -2.38. The molecule has 1 aliphatic rings. The van der Waals surface area contributed by atoms with Gasteiger partial charge in [0.2, 0.25) is 10.1 Å². The highest BCUT2D eigenvalue weighted by Crippen LogP contribution is 2.37. The molecule has 1 atom stereocenters. The van der Waals surface area contributed by atoms with Gasteiger partial charge in [-0.3, -0.25) is 9.59 Å². The van der Waals surface area contributed by atoms with Gasteiger partial charge in [0.1, 0.15) is 0 Å². The summed E-state index contributed by atoms with van der Waals surface area (Å²) < 4.78 is 0. The van der Waals surface area contributed by atoms with Crippen LogP contribution in [0.3, 0.4) is 0 Å². The Morgan fingerprint density at radius 3 is 2.53 bits per heavy atom. The first kappa shape index (κ1) is 24.0. The fraction of sp³-hybridized carbons (Fsp3) is 0.565. The van der Waals surface area contributed by atoms with Crippen molar-refractivity contribution in [2.24, 2.45) is 11.7 Å². The summed E-state index contributed by atoms with van der Waals surface area (Å²) in [6, 6.07) is 6.58. The van der Waals surface area contributed by atoms with E-state index in [0.29, 0.717) is 17.1 Å². The Morgan fingerprint density at radius 1 is 1.22 bits per heavy atom. The minimum atomic E-state index is -0.824. The first-order valence-electron chi connectivity index (χ1n) is 11.3. The van der Waals surface area contributed by atoms with Gasteiger partial charge >= 0.3 is 5.97 Å². The number of amides is 1. The van der Waals surface area contributed by atoms with E-state index in [4.69, 9.17) is 5.73 Å². The Bertz CT molecular complexity index is 939. The number of anilines is 3. The van der Waals surface area contributed by atoms with Crippen molar-refractivity contribution in [2.75, 3.05) is 16.8 Å². The number of aromatic nitrogens is 2. The second-order valence-electron chi connectivity index (χ2n) is 9.02. The fourth-order valence-electron chi connectivity index (χ4n) is 4.31. The third-order valence-electron chi connectivity index (χ3n) is 5.83. The van der Waals surface area contributed by atoms with E-state index in [1.807, 2.05) is 19.1 Å². The summed E-state index contributed by atoms with van der Waals surface area (Å²) >= 11 is 1.11. The van der Waals surface area contributed by atoms with Gasteiger partial charge in [-0.05, 0) is 42.4 Å². The molecule has 1 saturated carbocycles. The van der Waals surface area contributed by atoms with Crippen molar-refractivity contribution < 1.29 is 14.7 Å². The van der Waals surface area contributed by atoms with E-state index in [1.54, 1.807) is 0 Å². The van der Waals surface area contributed by atoms with E-state index < -0.39 is 11.9 Å². The number of hydrogen-bond donors (Lipinski definition) is 3. The molecule has 174 valence electrons. The van der Waals surface area contributed by atoms with E-state index in [-0.39, 0.29) is 17.3 Å². The molecule has 0 unspecified atom stereocenters. The van der Waals surface area contributed by atoms with Crippen molar-refractivity contribution in [3.05, 3.63) is 28.8 Å². The van der Waals surface area contributed by atoms with Crippen LogP contribution in [0.15, 0.2) is 18.2 Å². The lowest BCUT2D eigenvalue weighted by Crippen LogP contribution is -2.39. The van der Waals surface area contributed by atoms with Crippen LogP contribution in [0.25, 0.3) is 0 Å². The first-order chi connectivity index (χ1) is 15.2. The van der Waals surface area contributed by atoms with E-state index in [0.717, 1.165) is 47.7 Å². The van der Waals surface area contributed by atoms with Gasteiger partial charge in [-0.15, -0.1) is 10.2 Å². The van der Waals surface area contributed by atoms with Gasteiger partial charge in [0.05, 0.1) is 17.8 Å². The molecule has 2 aromatic rings. The molecule has 4 N–H and O–H groups in total. The smallest absolute Gasteiger partial charge is 0.303 e. The largest absolute Gasteiger partial charge is 0.481 e.